The third-order valence-corrected chi connectivity index (χ3v) is 2.90. The van der Waals surface area contributed by atoms with E-state index in [1.54, 1.807) is 0 Å². The van der Waals surface area contributed by atoms with Gasteiger partial charge in [0.05, 0.1) is 11.1 Å². The SMILES string of the molecule is C=CC[C@@H](NC(=O)c1cc(C(F)(F)F)cc(C(F)(F)F)c1)C(N)=O. The van der Waals surface area contributed by atoms with Crippen LogP contribution in [0.1, 0.15) is 27.9 Å². The molecule has 0 unspecified atom stereocenters. The van der Waals surface area contributed by atoms with Crippen molar-refractivity contribution in [3.63, 3.8) is 0 Å². The van der Waals surface area contributed by atoms with Crippen LogP contribution in [0.25, 0.3) is 0 Å². The molecule has 3 N–H and O–H groups in total. The van der Waals surface area contributed by atoms with Crippen LogP contribution in [0.3, 0.4) is 0 Å². The predicted molar refractivity (Wildman–Crippen MR) is 71.7 cm³/mol. The molecule has 1 atom stereocenters. The summed E-state index contributed by atoms with van der Waals surface area (Å²) in [6, 6.07) is -0.891. The Hall–Kier alpha value is -2.52. The molecule has 0 radical (unpaired) electrons. The lowest BCUT2D eigenvalue weighted by molar-refractivity contribution is -0.143. The van der Waals surface area contributed by atoms with Crippen molar-refractivity contribution in [2.24, 2.45) is 5.73 Å². The normalized spacial score (nSPS) is 13.2. The summed E-state index contributed by atoms with van der Waals surface area (Å²) in [5, 5.41) is 1.97. The van der Waals surface area contributed by atoms with Gasteiger partial charge in [0, 0.05) is 5.56 Å². The molecule has 0 aromatic heterocycles. The van der Waals surface area contributed by atoms with Crippen molar-refractivity contribution in [2.75, 3.05) is 0 Å². The molecule has 0 aliphatic carbocycles. The molecule has 1 aromatic carbocycles. The Kier molecular flexibility index (Phi) is 5.64. The zero-order valence-electron chi connectivity index (χ0n) is 12.0. The van der Waals surface area contributed by atoms with Gasteiger partial charge in [-0.05, 0) is 24.6 Å². The molecule has 132 valence electrons. The van der Waals surface area contributed by atoms with Crippen LogP contribution in [0.4, 0.5) is 26.3 Å². The number of amides is 2. The fourth-order valence-corrected chi connectivity index (χ4v) is 1.74. The molecule has 0 saturated carbocycles. The van der Waals surface area contributed by atoms with Crippen molar-refractivity contribution in [1.29, 1.82) is 0 Å². The minimum atomic E-state index is -5.08. The molecular weight excluding hydrogens is 342 g/mol. The second-order valence-corrected chi connectivity index (χ2v) is 4.75. The molecule has 4 nitrogen and oxygen atoms in total. The summed E-state index contributed by atoms with van der Waals surface area (Å²) in [5.74, 6) is -2.30. The number of hydrogen-bond donors (Lipinski definition) is 2. The highest BCUT2D eigenvalue weighted by Crippen LogP contribution is 2.36. The van der Waals surface area contributed by atoms with Crippen LogP contribution < -0.4 is 11.1 Å². The zero-order chi connectivity index (χ0) is 18.7. The largest absolute Gasteiger partial charge is 0.416 e. The number of alkyl halides is 6. The smallest absolute Gasteiger partial charge is 0.368 e. The van der Waals surface area contributed by atoms with Crippen LogP contribution in [0.2, 0.25) is 0 Å². The highest BCUT2D eigenvalue weighted by Gasteiger charge is 2.37. The quantitative estimate of drug-likeness (QED) is 0.630. The van der Waals surface area contributed by atoms with Gasteiger partial charge < -0.3 is 11.1 Å². The second kappa shape index (κ2) is 6.93. The van der Waals surface area contributed by atoms with E-state index in [-0.39, 0.29) is 24.6 Å². The van der Waals surface area contributed by atoms with Crippen LogP contribution in [0.5, 0.6) is 0 Å². The Morgan fingerprint density at radius 2 is 1.54 bits per heavy atom. The Morgan fingerprint density at radius 3 is 1.88 bits per heavy atom. The first-order valence-corrected chi connectivity index (χ1v) is 6.36. The van der Waals surface area contributed by atoms with Gasteiger partial charge in [-0.1, -0.05) is 6.08 Å². The van der Waals surface area contributed by atoms with Crippen molar-refractivity contribution in [1.82, 2.24) is 5.32 Å². The van der Waals surface area contributed by atoms with Gasteiger partial charge in [-0.15, -0.1) is 6.58 Å². The Labute approximate surface area is 132 Å². The summed E-state index contributed by atoms with van der Waals surface area (Å²) in [4.78, 5) is 23.0. The van der Waals surface area contributed by atoms with Crippen LogP contribution in [-0.2, 0) is 17.1 Å². The zero-order valence-corrected chi connectivity index (χ0v) is 12.0. The van der Waals surface area contributed by atoms with E-state index >= 15 is 0 Å². The van der Waals surface area contributed by atoms with E-state index < -0.39 is 46.9 Å². The summed E-state index contributed by atoms with van der Waals surface area (Å²) in [5.41, 5.74) is 0.816. The van der Waals surface area contributed by atoms with Gasteiger partial charge in [0.15, 0.2) is 0 Å². The van der Waals surface area contributed by atoms with Gasteiger partial charge in [0.1, 0.15) is 6.04 Å². The number of nitrogens with two attached hydrogens (primary N) is 1. The molecule has 0 aliphatic heterocycles. The van der Waals surface area contributed by atoms with Crippen LogP contribution in [0, 0.1) is 0 Å². The summed E-state index contributed by atoms with van der Waals surface area (Å²) < 4.78 is 76.3. The molecule has 1 aromatic rings. The Balaban J connectivity index is 3.29. The van der Waals surface area contributed by atoms with E-state index in [9.17, 15) is 35.9 Å². The topological polar surface area (TPSA) is 72.2 Å². The first-order chi connectivity index (χ1) is 10.9. The fourth-order valence-electron chi connectivity index (χ4n) is 1.74. The number of hydrogen-bond acceptors (Lipinski definition) is 2. The lowest BCUT2D eigenvalue weighted by Crippen LogP contribution is -2.44. The van der Waals surface area contributed by atoms with E-state index in [0.717, 1.165) is 0 Å². The maximum absolute atomic E-state index is 12.7. The van der Waals surface area contributed by atoms with Crippen molar-refractivity contribution >= 4 is 11.8 Å². The van der Waals surface area contributed by atoms with E-state index in [1.807, 2.05) is 5.32 Å². The van der Waals surface area contributed by atoms with Gasteiger partial charge in [-0.25, -0.2) is 0 Å². The van der Waals surface area contributed by atoms with Gasteiger partial charge in [-0.3, -0.25) is 9.59 Å². The highest BCUT2D eigenvalue weighted by molar-refractivity contribution is 5.97. The van der Waals surface area contributed by atoms with Crippen LogP contribution in [-0.4, -0.2) is 17.9 Å². The van der Waals surface area contributed by atoms with Gasteiger partial charge in [0.25, 0.3) is 5.91 Å². The minimum absolute atomic E-state index is 0.105. The van der Waals surface area contributed by atoms with Gasteiger partial charge in [0.2, 0.25) is 5.91 Å². The number of halogens is 6. The van der Waals surface area contributed by atoms with Gasteiger partial charge in [-0.2, -0.15) is 26.3 Å². The molecule has 24 heavy (non-hydrogen) atoms. The van der Waals surface area contributed by atoms with E-state index in [2.05, 4.69) is 6.58 Å². The lowest BCUT2D eigenvalue weighted by Gasteiger charge is -2.16. The third kappa shape index (κ3) is 5.00. The van der Waals surface area contributed by atoms with Crippen LogP contribution in [0.15, 0.2) is 30.9 Å². The Morgan fingerprint density at radius 1 is 1.08 bits per heavy atom. The fraction of sp³-hybridized carbons (Fsp3) is 0.286. The first-order valence-electron chi connectivity index (χ1n) is 6.36. The van der Waals surface area contributed by atoms with E-state index in [0.29, 0.717) is 0 Å². The summed E-state index contributed by atoms with van der Waals surface area (Å²) >= 11 is 0. The Bertz CT molecular complexity index is 619. The summed E-state index contributed by atoms with van der Waals surface area (Å²) in [7, 11) is 0. The molecule has 0 saturated heterocycles. The van der Waals surface area contributed by atoms with Crippen molar-refractivity contribution in [2.45, 2.75) is 24.8 Å². The average molecular weight is 354 g/mol. The molecule has 0 heterocycles. The molecular formula is C14H12F6N2O2. The van der Waals surface area contributed by atoms with Crippen molar-refractivity contribution < 1.29 is 35.9 Å². The average Bonchev–Trinajstić information content (AvgIpc) is 2.44. The molecule has 2 amide bonds. The monoisotopic (exact) mass is 354 g/mol. The molecule has 0 spiro atoms. The highest BCUT2D eigenvalue weighted by atomic mass is 19.4. The molecule has 10 heteroatoms. The molecule has 0 bridgehead atoms. The maximum atomic E-state index is 12.7. The third-order valence-electron chi connectivity index (χ3n) is 2.90. The first kappa shape index (κ1) is 19.5. The number of primary amides is 1. The number of rotatable bonds is 5. The standard InChI is InChI=1S/C14H12F6N2O2/c1-2-3-10(11(21)23)22-12(24)7-4-8(13(15,16)17)6-9(5-7)14(18,19)20/h2,4-6,10H,1,3H2,(H2,21,23)(H,22,24)/t10-/m1/s1. The number of carbonyl (C=O) groups is 2. The molecule has 1 rings (SSSR count). The second-order valence-electron chi connectivity index (χ2n) is 4.75. The van der Waals surface area contributed by atoms with Gasteiger partial charge >= 0.3 is 12.4 Å². The minimum Gasteiger partial charge on any atom is -0.368 e. The van der Waals surface area contributed by atoms with Crippen LogP contribution >= 0.6 is 0 Å². The molecule has 0 aliphatic rings. The lowest BCUT2D eigenvalue weighted by atomic mass is 10.0. The van der Waals surface area contributed by atoms with E-state index in [4.69, 9.17) is 5.73 Å². The van der Waals surface area contributed by atoms with E-state index in [1.165, 1.54) is 6.08 Å². The summed E-state index contributed by atoms with van der Waals surface area (Å²) in [6.07, 6.45) is -9.09. The maximum Gasteiger partial charge on any atom is 0.416 e. The number of nitrogens with one attached hydrogen (secondary N) is 1. The summed E-state index contributed by atoms with van der Waals surface area (Å²) in [6.45, 7) is 3.30. The number of carbonyl (C=O) groups excluding carboxylic acids is 2. The number of benzene rings is 1. The predicted octanol–water partition coefficient (Wildman–Crippen LogP) is 2.88. The van der Waals surface area contributed by atoms with Crippen molar-refractivity contribution in [3.8, 4) is 0 Å². The van der Waals surface area contributed by atoms with Crippen molar-refractivity contribution in [3.05, 3.63) is 47.5 Å². The molecule has 0 fully saturated rings.